The van der Waals surface area contributed by atoms with Crippen molar-refractivity contribution >= 4 is 17.5 Å². The summed E-state index contributed by atoms with van der Waals surface area (Å²) in [5.41, 5.74) is 1.10. The number of piperazine rings is 1. The Morgan fingerprint density at radius 3 is 2.61 bits per heavy atom. The Kier molecular flexibility index (Phi) is 3.43. The predicted octanol–water partition coefficient (Wildman–Crippen LogP) is 1.05. The zero-order valence-electron chi connectivity index (χ0n) is 13.7. The Labute approximate surface area is 135 Å². The molecule has 2 fully saturated rings. The van der Waals surface area contributed by atoms with Gasteiger partial charge in [0.1, 0.15) is 11.6 Å². The average Bonchev–Trinajstić information content (AvgIpc) is 3.34. The van der Waals surface area contributed by atoms with Gasteiger partial charge in [0, 0.05) is 50.3 Å². The molecule has 0 atom stereocenters. The highest BCUT2D eigenvalue weighted by molar-refractivity contribution is 5.81. The molecule has 1 aliphatic carbocycles. The van der Waals surface area contributed by atoms with Crippen molar-refractivity contribution in [3.63, 3.8) is 0 Å². The number of carbonyl (C=O) groups excluding carboxylic acids is 1. The molecule has 0 unspecified atom stereocenters. The number of carbonyl (C=O) groups is 1. The minimum absolute atomic E-state index is 0.307. The van der Waals surface area contributed by atoms with Gasteiger partial charge in [-0.2, -0.15) is 4.98 Å². The Morgan fingerprint density at radius 1 is 1.22 bits per heavy atom. The van der Waals surface area contributed by atoms with E-state index in [4.69, 9.17) is 0 Å². The van der Waals surface area contributed by atoms with Crippen LogP contribution in [0.25, 0.3) is 5.78 Å². The van der Waals surface area contributed by atoms with E-state index < -0.39 is 0 Å². The highest BCUT2D eigenvalue weighted by Crippen LogP contribution is 2.31. The Balaban J connectivity index is 1.52. The molecule has 1 saturated carbocycles. The van der Waals surface area contributed by atoms with Gasteiger partial charge in [-0.25, -0.2) is 0 Å². The molecule has 2 aromatic heterocycles. The van der Waals surface area contributed by atoms with Crippen molar-refractivity contribution in [2.75, 3.05) is 31.1 Å². The van der Waals surface area contributed by atoms with Crippen LogP contribution in [0.4, 0.5) is 5.82 Å². The number of fused-ring (bicyclic) bond motifs is 1. The first-order valence-corrected chi connectivity index (χ1v) is 8.42. The molecule has 23 heavy (non-hydrogen) atoms. The summed E-state index contributed by atoms with van der Waals surface area (Å²) < 4.78 is 2.01. The van der Waals surface area contributed by atoms with E-state index in [1.165, 1.54) is 0 Å². The highest BCUT2D eigenvalue weighted by Gasteiger charge is 2.34. The third-order valence-electron chi connectivity index (χ3n) is 4.78. The number of rotatable bonds is 3. The van der Waals surface area contributed by atoms with Crippen molar-refractivity contribution in [3.05, 3.63) is 17.6 Å². The van der Waals surface area contributed by atoms with Gasteiger partial charge in [0.25, 0.3) is 5.78 Å². The smallest absolute Gasteiger partial charge is 0.257 e. The zero-order chi connectivity index (χ0) is 16.0. The normalized spacial score (nSPS) is 18.7. The molecule has 1 aliphatic heterocycles. The van der Waals surface area contributed by atoms with Crippen LogP contribution in [0.2, 0.25) is 0 Å². The van der Waals surface area contributed by atoms with Crippen molar-refractivity contribution in [1.82, 2.24) is 24.5 Å². The van der Waals surface area contributed by atoms with E-state index in [2.05, 4.69) is 40.0 Å². The summed E-state index contributed by atoms with van der Waals surface area (Å²) in [6, 6.07) is 2.09. The second-order valence-corrected chi connectivity index (χ2v) is 6.45. The van der Waals surface area contributed by atoms with Crippen molar-refractivity contribution < 1.29 is 4.79 Å². The summed E-state index contributed by atoms with van der Waals surface area (Å²) in [5, 5.41) is 8.39. The van der Waals surface area contributed by atoms with Gasteiger partial charge < -0.3 is 9.80 Å². The number of hydrogen-bond acceptors (Lipinski definition) is 5. The molecule has 3 heterocycles. The van der Waals surface area contributed by atoms with E-state index in [9.17, 15) is 4.79 Å². The first-order chi connectivity index (χ1) is 11.2. The Morgan fingerprint density at radius 2 is 1.96 bits per heavy atom. The number of anilines is 1. The van der Waals surface area contributed by atoms with Crippen LogP contribution in [0, 0.1) is 12.8 Å². The molecule has 0 aromatic carbocycles. The number of amides is 1. The van der Waals surface area contributed by atoms with Crippen molar-refractivity contribution in [3.8, 4) is 0 Å². The lowest BCUT2D eigenvalue weighted by atomic mass is 10.2. The van der Waals surface area contributed by atoms with Crippen LogP contribution in [0.5, 0.6) is 0 Å². The van der Waals surface area contributed by atoms with Crippen LogP contribution in [-0.4, -0.2) is 56.6 Å². The molecule has 7 nitrogen and oxygen atoms in total. The fourth-order valence-corrected chi connectivity index (χ4v) is 3.26. The summed E-state index contributed by atoms with van der Waals surface area (Å²) in [6.45, 7) is 7.36. The summed E-state index contributed by atoms with van der Waals surface area (Å²) >= 11 is 0. The predicted molar refractivity (Wildman–Crippen MR) is 86.4 cm³/mol. The lowest BCUT2D eigenvalue weighted by Gasteiger charge is -2.35. The molecule has 7 heteroatoms. The fraction of sp³-hybridized carbons (Fsp3) is 0.625. The molecule has 0 radical (unpaired) electrons. The quantitative estimate of drug-likeness (QED) is 0.847. The van der Waals surface area contributed by atoms with Crippen LogP contribution in [0.15, 0.2) is 6.07 Å². The SMILES string of the molecule is CCc1nnc2nc(N3CCN(C(=O)C4CC4)CC3)cc(C)n12. The maximum atomic E-state index is 12.1. The first kappa shape index (κ1) is 14.4. The number of aryl methyl sites for hydroxylation is 2. The van der Waals surface area contributed by atoms with Gasteiger partial charge in [-0.1, -0.05) is 6.92 Å². The molecule has 2 aliphatic rings. The van der Waals surface area contributed by atoms with Crippen LogP contribution < -0.4 is 4.90 Å². The van der Waals surface area contributed by atoms with E-state index in [0.717, 1.165) is 62.8 Å². The molecule has 0 spiro atoms. The van der Waals surface area contributed by atoms with Gasteiger partial charge >= 0.3 is 0 Å². The van der Waals surface area contributed by atoms with Crippen molar-refractivity contribution in [2.24, 2.45) is 5.92 Å². The zero-order valence-corrected chi connectivity index (χ0v) is 13.7. The maximum Gasteiger partial charge on any atom is 0.257 e. The lowest BCUT2D eigenvalue weighted by Crippen LogP contribution is -2.49. The molecule has 122 valence electrons. The summed E-state index contributed by atoms with van der Waals surface area (Å²) in [6.07, 6.45) is 2.98. The largest absolute Gasteiger partial charge is 0.353 e. The van der Waals surface area contributed by atoms with E-state index >= 15 is 0 Å². The van der Waals surface area contributed by atoms with Crippen molar-refractivity contribution in [1.29, 1.82) is 0 Å². The number of nitrogens with zero attached hydrogens (tertiary/aromatic N) is 6. The van der Waals surface area contributed by atoms with Crippen LogP contribution in [0.1, 0.15) is 31.3 Å². The van der Waals surface area contributed by atoms with Gasteiger partial charge in [-0.05, 0) is 19.8 Å². The molecule has 1 saturated heterocycles. The summed E-state index contributed by atoms with van der Waals surface area (Å²) in [4.78, 5) is 21.0. The van der Waals surface area contributed by atoms with Gasteiger partial charge in [0.2, 0.25) is 5.91 Å². The number of aromatic nitrogens is 4. The monoisotopic (exact) mass is 314 g/mol. The van der Waals surface area contributed by atoms with E-state index in [1.54, 1.807) is 0 Å². The topological polar surface area (TPSA) is 66.6 Å². The number of hydrogen-bond donors (Lipinski definition) is 0. The van der Waals surface area contributed by atoms with Gasteiger partial charge in [-0.3, -0.25) is 9.20 Å². The van der Waals surface area contributed by atoms with Crippen LogP contribution in [-0.2, 0) is 11.2 Å². The van der Waals surface area contributed by atoms with Gasteiger partial charge in [-0.15, -0.1) is 10.2 Å². The van der Waals surface area contributed by atoms with E-state index in [1.807, 2.05) is 9.30 Å². The molecule has 2 aromatic rings. The third-order valence-corrected chi connectivity index (χ3v) is 4.78. The highest BCUT2D eigenvalue weighted by atomic mass is 16.2. The molecular weight excluding hydrogens is 292 g/mol. The van der Waals surface area contributed by atoms with E-state index in [0.29, 0.717) is 17.6 Å². The Hall–Kier alpha value is -2.18. The third kappa shape index (κ3) is 2.54. The molecule has 4 rings (SSSR count). The molecule has 1 amide bonds. The second kappa shape index (κ2) is 5.47. The standard InChI is InChI=1S/C16H22N6O/c1-3-13-18-19-16-17-14(10-11(2)22(13)16)20-6-8-21(9-7-20)15(23)12-4-5-12/h10,12H,3-9H2,1-2H3. The minimum Gasteiger partial charge on any atom is -0.353 e. The summed E-state index contributed by atoms with van der Waals surface area (Å²) in [5.74, 6) is 3.18. The van der Waals surface area contributed by atoms with Crippen LogP contribution >= 0.6 is 0 Å². The maximum absolute atomic E-state index is 12.1. The van der Waals surface area contributed by atoms with Gasteiger partial charge in [0.15, 0.2) is 0 Å². The Bertz CT molecular complexity index is 742. The molecule has 0 bridgehead atoms. The average molecular weight is 314 g/mol. The molecule has 0 N–H and O–H groups in total. The van der Waals surface area contributed by atoms with Gasteiger partial charge in [0.05, 0.1) is 0 Å². The van der Waals surface area contributed by atoms with Crippen molar-refractivity contribution in [2.45, 2.75) is 33.1 Å². The first-order valence-electron chi connectivity index (χ1n) is 8.42. The van der Waals surface area contributed by atoms with Crippen LogP contribution in [0.3, 0.4) is 0 Å². The lowest BCUT2D eigenvalue weighted by molar-refractivity contribution is -0.132. The minimum atomic E-state index is 0.307. The summed E-state index contributed by atoms with van der Waals surface area (Å²) in [7, 11) is 0. The van der Waals surface area contributed by atoms with E-state index in [-0.39, 0.29) is 0 Å². The second-order valence-electron chi connectivity index (χ2n) is 6.45. The fourth-order valence-electron chi connectivity index (χ4n) is 3.26. The molecular formula is C16H22N6O.